The normalized spacial score (nSPS) is 15.0. The Labute approximate surface area is 172 Å². The largest absolute Gasteiger partial charge is 0.356 e. The minimum Gasteiger partial charge on any atom is -0.356 e. The van der Waals surface area contributed by atoms with Gasteiger partial charge in [-0.1, -0.05) is 18.2 Å². The standard InChI is InChI=1S/C18H28N4O4S.ClH/c19-10-4-5-11-20-17(23)8-9-18(24)21-12-14-22(15-13-21)27(25,26)16-6-2-1-3-7-16;/h1-3,6-7H,4-5,8-15,19H2,(H,20,23);1H. The summed E-state index contributed by atoms with van der Waals surface area (Å²) in [6.07, 6.45) is 1.96. The van der Waals surface area contributed by atoms with Gasteiger partial charge in [-0.3, -0.25) is 9.59 Å². The molecule has 0 bridgehead atoms. The SMILES string of the molecule is Cl.NCCCCNC(=O)CCC(=O)N1CCN(S(=O)(=O)c2ccccc2)CC1. The first-order valence-corrected chi connectivity index (χ1v) is 10.7. The summed E-state index contributed by atoms with van der Waals surface area (Å²) in [6.45, 7) is 2.36. The number of piperazine rings is 1. The van der Waals surface area contributed by atoms with Crippen LogP contribution < -0.4 is 11.1 Å². The van der Waals surface area contributed by atoms with Crippen molar-refractivity contribution in [3.05, 3.63) is 30.3 Å². The highest BCUT2D eigenvalue weighted by atomic mass is 35.5. The maximum Gasteiger partial charge on any atom is 0.243 e. The lowest BCUT2D eigenvalue weighted by molar-refractivity contribution is -0.134. The van der Waals surface area contributed by atoms with Crippen molar-refractivity contribution in [3.8, 4) is 0 Å². The van der Waals surface area contributed by atoms with Gasteiger partial charge in [-0.2, -0.15) is 4.31 Å². The molecule has 2 rings (SSSR count). The summed E-state index contributed by atoms with van der Waals surface area (Å²) >= 11 is 0. The number of nitrogens with zero attached hydrogens (tertiary/aromatic N) is 2. The third-order valence-electron chi connectivity index (χ3n) is 4.49. The summed E-state index contributed by atoms with van der Waals surface area (Å²) in [5.74, 6) is -0.269. The van der Waals surface area contributed by atoms with Gasteiger partial charge < -0.3 is 16.0 Å². The molecule has 0 unspecified atom stereocenters. The molecule has 1 heterocycles. The maximum absolute atomic E-state index is 12.6. The number of unbranched alkanes of at least 4 members (excludes halogenated alkanes) is 1. The number of benzene rings is 1. The Balaban J connectivity index is 0.00000392. The Hall–Kier alpha value is -1.68. The first kappa shape index (κ1) is 24.4. The van der Waals surface area contributed by atoms with E-state index in [-0.39, 0.29) is 55.0 Å². The average molecular weight is 433 g/mol. The zero-order valence-electron chi connectivity index (χ0n) is 15.9. The number of carbonyl (C=O) groups excluding carboxylic acids is 2. The van der Waals surface area contributed by atoms with Crippen molar-refractivity contribution in [3.63, 3.8) is 0 Å². The zero-order valence-corrected chi connectivity index (χ0v) is 17.5. The number of rotatable bonds is 9. The highest BCUT2D eigenvalue weighted by Gasteiger charge is 2.29. The van der Waals surface area contributed by atoms with Crippen molar-refractivity contribution in [2.75, 3.05) is 39.3 Å². The Morgan fingerprint density at radius 3 is 2.25 bits per heavy atom. The molecule has 0 atom stereocenters. The number of halogens is 1. The Morgan fingerprint density at radius 1 is 1.00 bits per heavy atom. The summed E-state index contributed by atoms with van der Waals surface area (Å²) < 4.78 is 26.6. The molecule has 0 spiro atoms. The Bertz CT molecular complexity index is 722. The third kappa shape index (κ3) is 7.05. The second kappa shape index (κ2) is 12.0. The number of carbonyl (C=O) groups is 2. The van der Waals surface area contributed by atoms with E-state index in [9.17, 15) is 18.0 Å². The second-order valence-electron chi connectivity index (χ2n) is 6.44. The molecule has 8 nitrogen and oxygen atoms in total. The molecule has 0 aromatic heterocycles. The molecular weight excluding hydrogens is 404 g/mol. The average Bonchev–Trinajstić information content (AvgIpc) is 2.70. The van der Waals surface area contributed by atoms with Gasteiger partial charge >= 0.3 is 0 Å². The fraction of sp³-hybridized carbons (Fsp3) is 0.556. The summed E-state index contributed by atoms with van der Waals surface area (Å²) in [4.78, 5) is 25.9. The monoisotopic (exact) mass is 432 g/mol. The number of hydrogen-bond acceptors (Lipinski definition) is 5. The fourth-order valence-corrected chi connectivity index (χ4v) is 4.33. The minimum absolute atomic E-state index is 0. The Morgan fingerprint density at radius 2 is 1.64 bits per heavy atom. The number of hydrogen-bond donors (Lipinski definition) is 2. The van der Waals surface area contributed by atoms with E-state index in [0.29, 0.717) is 26.2 Å². The first-order chi connectivity index (χ1) is 12.9. The second-order valence-corrected chi connectivity index (χ2v) is 8.38. The van der Waals surface area contributed by atoms with Crippen molar-refractivity contribution < 1.29 is 18.0 Å². The molecular formula is C18H29ClN4O4S. The van der Waals surface area contributed by atoms with Crippen LogP contribution in [0.4, 0.5) is 0 Å². The summed E-state index contributed by atoms with van der Waals surface area (Å²) in [7, 11) is -3.53. The van der Waals surface area contributed by atoms with E-state index in [2.05, 4.69) is 5.32 Å². The molecule has 158 valence electrons. The molecule has 0 aliphatic carbocycles. The van der Waals surface area contributed by atoms with E-state index >= 15 is 0 Å². The predicted octanol–water partition coefficient (Wildman–Crippen LogP) is 0.577. The predicted molar refractivity (Wildman–Crippen MR) is 110 cm³/mol. The zero-order chi connectivity index (χ0) is 19.7. The van der Waals surface area contributed by atoms with Gasteiger partial charge in [-0.15, -0.1) is 12.4 Å². The number of amides is 2. The molecule has 0 saturated carbocycles. The van der Waals surface area contributed by atoms with Gasteiger partial charge in [0, 0.05) is 45.6 Å². The lowest BCUT2D eigenvalue weighted by Gasteiger charge is -2.34. The number of sulfonamides is 1. The Kier molecular flexibility index (Phi) is 10.4. The lowest BCUT2D eigenvalue weighted by Crippen LogP contribution is -2.50. The van der Waals surface area contributed by atoms with Gasteiger partial charge in [0.25, 0.3) is 0 Å². The van der Waals surface area contributed by atoms with Gasteiger partial charge in [0.1, 0.15) is 0 Å². The van der Waals surface area contributed by atoms with Crippen LogP contribution in [-0.2, 0) is 19.6 Å². The van der Waals surface area contributed by atoms with Crippen LogP contribution in [0.25, 0.3) is 0 Å². The van der Waals surface area contributed by atoms with Crippen LogP contribution in [0.5, 0.6) is 0 Å². The van der Waals surface area contributed by atoms with Crippen molar-refractivity contribution in [1.82, 2.24) is 14.5 Å². The van der Waals surface area contributed by atoms with E-state index in [4.69, 9.17) is 5.73 Å². The molecule has 0 radical (unpaired) electrons. The van der Waals surface area contributed by atoms with Crippen molar-refractivity contribution >= 4 is 34.2 Å². The highest BCUT2D eigenvalue weighted by molar-refractivity contribution is 7.89. The van der Waals surface area contributed by atoms with Crippen molar-refractivity contribution in [2.24, 2.45) is 5.73 Å². The van der Waals surface area contributed by atoms with Crippen LogP contribution in [0.3, 0.4) is 0 Å². The van der Waals surface area contributed by atoms with Crippen LogP contribution in [-0.4, -0.2) is 68.7 Å². The molecule has 1 aliphatic rings. The molecule has 10 heteroatoms. The third-order valence-corrected chi connectivity index (χ3v) is 6.40. The van der Waals surface area contributed by atoms with E-state index in [0.717, 1.165) is 12.8 Å². The van der Waals surface area contributed by atoms with E-state index < -0.39 is 10.0 Å². The number of nitrogens with one attached hydrogen (secondary N) is 1. The fourth-order valence-electron chi connectivity index (χ4n) is 2.88. The van der Waals surface area contributed by atoms with Gasteiger partial charge in [-0.05, 0) is 31.5 Å². The van der Waals surface area contributed by atoms with Crippen LogP contribution in [0.15, 0.2) is 35.2 Å². The van der Waals surface area contributed by atoms with Gasteiger partial charge in [-0.25, -0.2) is 8.42 Å². The van der Waals surface area contributed by atoms with E-state index in [1.165, 1.54) is 4.31 Å². The minimum atomic E-state index is -3.53. The molecule has 28 heavy (non-hydrogen) atoms. The summed E-state index contributed by atoms with van der Waals surface area (Å²) in [5, 5.41) is 2.77. The molecule has 2 amide bonds. The topological polar surface area (TPSA) is 113 Å². The summed E-state index contributed by atoms with van der Waals surface area (Å²) in [6, 6.07) is 8.28. The molecule has 1 aliphatic heterocycles. The van der Waals surface area contributed by atoms with Gasteiger partial charge in [0.2, 0.25) is 21.8 Å². The molecule has 1 saturated heterocycles. The molecule has 1 aromatic rings. The highest BCUT2D eigenvalue weighted by Crippen LogP contribution is 2.17. The molecule has 1 aromatic carbocycles. The van der Waals surface area contributed by atoms with Crippen molar-refractivity contribution in [1.29, 1.82) is 0 Å². The van der Waals surface area contributed by atoms with Gasteiger partial charge in [0.15, 0.2) is 0 Å². The van der Waals surface area contributed by atoms with Crippen molar-refractivity contribution in [2.45, 2.75) is 30.6 Å². The summed E-state index contributed by atoms with van der Waals surface area (Å²) in [5.41, 5.74) is 5.39. The smallest absolute Gasteiger partial charge is 0.243 e. The van der Waals surface area contributed by atoms with E-state index in [1.54, 1.807) is 35.2 Å². The molecule has 3 N–H and O–H groups in total. The lowest BCUT2D eigenvalue weighted by atomic mass is 10.2. The van der Waals surface area contributed by atoms with Crippen LogP contribution in [0.2, 0.25) is 0 Å². The quantitative estimate of drug-likeness (QED) is 0.554. The first-order valence-electron chi connectivity index (χ1n) is 9.25. The van der Waals surface area contributed by atoms with E-state index in [1.807, 2.05) is 0 Å². The van der Waals surface area contributed by atoms with Crippen LogP contribution in [0, 0.1) is 0 Å². The molecule has 1 fully saturated rings. The van der Waals surface area contributed by atoms with Crippen LogP contribution >= 0.6 is 12.4 Å². The van der Waals surface area contributed by atoms with Gasteiger partial charge in [0.05, 0.1) is 4.90 Å². The van der Waals surface area contributed by atoms with Crippen LogP contribution in [0.1, 0.15) is 25.7 Å². The maximum atomic E-state index is 12.6. The number of nitrogens with two attached hydrogens (primary N) is 1.